The summed E-state index contributed by atoms with van der Waals surface area (Å²) in [5, 5.41) is 3.41. The van der Waals surface area contributed by atoms with Gasteiger partial charge in [-0.3, -0.25) is 0 Å². The molecule has 0 amide bonds. The van der Waals surface area contributed by atoms with Crippen LogP contribution < -0.4 is 10.2 Å². The van der Waals surface area contributed by atoms with Crippen LogP contribution in [0.15, 0.2) is 24.4 Å². The minimum absolute atomic E-state index is 0.502. The van der Waals surface area contributed by atoms with E-state index in [4.69, 9.17) is 9.97 Å². The van der Waals surface area contributed by atoms with Crippen LogP contribution in [0.4, 0.5) is 17.6 Å². The quantitative estimate of drug-likeness (QED) is 0.890. The zero-order valence-corrected chi connectivity index (χ0v) is 16.6. The molecule has 0 spiro atoms. The number of hydrogen-bond acceptors (Lipinski definition) is 6. The number of nitrogens with one attached hydrogen (secondary N) is 1. The molecule has 1 N–H and O–H groups in total. The SMILES string of the molecule is Cc1ccnc(Nc2cc(C3CCN(C)CC3)nc(N3CCCC3C)n2)c1. The first kappa shape index (κ1) is 18.2. The van der Waals surface area contributed by atoms with Crippen LogP contribution in [0, 0.1) is 6.92 Å². The van der Waals surface area contributed by atoms with Crippen molar-refractivity contribution in [3.05, 3.63) is 35.7 Å². The lowest BCUT2D eigenvalue weighted by molar-refractivity contribution is 0.253. The lowest BCUT2D eigenvalue weighted by Gasteiger charge is -2.30. The molecule has 0 saturated carbocycles. The number of likely N-dealkylation sites (tertiary alicyclic amines) is 1. The standard InChI is InChI=1S/C21H30N6/c1-15-6-9-22-19(13-15)24-20-14-18(17-7-11-26(3)12-8-17)23-21(25-20)27-10-4-5-16(27)2/h6,9,13-14,16-17H,4-5,7-8,10-12H2,1-3H3,(H,22,23,24,25). The molecule has 1 unspecified atom stereocenters. The highest BCUT2D eigenvalue weighted by Crippen LogP contribution is 2.31. The van der Waals surface area contributed by atoms with Crippen molar-refractivity contribution in [1.29, 1.82) is 0 Å². The van der Waals surface area contributed by atoms with Crippen molar-refractivity contribution in [2.24, 2.45) is 0 Å². The Morgan fingerprint density at radius 2 is 1.85 bits per heavy atom. The summed E-state index contributed by atoms with van der Waals surface area (Å²) < 4.78 is 0. The third-order valence-electron chi connectivity index (χ3n) is 5.85. The second-order valence-corrected chi connectivity index (χ2v) is 8.08. The summed E-state index contributed by atoms with van der Waals surface area (Å²) >= 11 is 0. The normalized spacial score (nSPS) is 21.6. The van der Waals surface area contributed by atoms with Crippen LogP contribution in [-0.2, 0) is 0 Å². The van der Waals surface area contributed by atoms with Gasteiger partial charge in [0.1, 0.15) is 11.6 Å². The van der Waals surface area contributed by atoms with Gasteiger partial charge in [0.25, 0.3) is 0 Å². The summed E-state index contributed by atoms with van der Waals surface area (Å²) in [6.07, 6.45) is 6.57. The molecule has 2 aliphatic rings. The molecule has 2 saturated heterocycles. The number of pyridine rings is 1. The molecule has 0 aromatic carbocycles. The molecule has 0 bridgehead atoms. The van der Waals surface area contributed by atoms with Crippen molar-refractivity contribution >= 4 is 17.6 Å². The Labute approximate surface area is 162 Å². The van der Waals surface area contributed by atoms with Gasteiger partial charge in [-0.1, -0.05) is 0 Å². The van der Waals surface area contributed by atoms with Gasteiger partial charge in [0.05, 0.1) is 5.69 Å². The largest absolute Gasteiger partial charge is 0.338 e. The average Bonchev–Trinajstić information content (AvgIpc) is 3.08. The van der Waals surface area contributed by atoms with Gasteiger partial charge in [0.2, 0.25) is 5.95 Å². The number of anilines is 3. The van der Waals surface area contributed by atoms with Crippen LogP contribution in [0.3, 0.4) is 0 Å². The third kappa shape index (κ3) is 4.21. The van der Waals surface area contributed by atoms with Crippen LogP contribution in [0.1, 0.15) is 49.8 Å². The average molecular weight is 367 g/mol. The molecule has 2 aromatic heterocycles. The number of aromatic nitrogens is 3. The maximum atomic E-state index is 5.01. The van der Waals surface area contributed by atoms with Crippen LogP contribution in [0.2, 0.25) is 0 Å². The molecule has 0 radical (unpaired) electrons. The summed E-state index contributed by atoms with van der Waals surface area (Å²) in [4.78, 5) is 19.1. The summed E-state index contributed by atoms with van der Waals surface area (Å²) in [6, 6.07) is 6.69. The lowest BCUT2D eigenvalue weighted by Crippen LogP contribution is -2.31. The molecule has 2 fully saturated rings. The molecule has 6 heteroatoms. The van der Waals surface area contributed by atoms with Crippen molar-refractivity contribution in [2.75, 3.05) is 36.9 Å². The zero-order chi connectivity index (χ0) is 18.8. The fraction of sp³-hybridized carbons (Fsp3) is 0.571. The molecule has 2 aliphatic heterocycles. The molecule has 4 rings (SSSR count). The molecule has 144 valence electrons. The maximum absolute atomic E-state index is 5.01. The Balaban J connectivity index is 1.65. The van der Waals surface area contributed by atoms with Gasteiger partial charge < -0.3 is 15.1 Å². The molecule has 4 heterocycles. The van der Waals surface area contributed by atoms with Gasteiger partial charge in [-0.2, -0.15) is 4.98 Å². The first-order valence-corrected chi connectivity index (χ1v) is 10.1. The topological polar surface area (TPSA) is 57.2 Å². The van der Waals surface area contributed by atoms with Gasteiger partial charge in [0, 0.05) is 30.8 Å². The number of rotatable bonds is 4. The van der Waals surface area contributed by atoms with Gasteiger partial charge in [0.15, 0.2) is 0 Å². The van der Waals surface area contributed by atoms with E-state index in [2.05, 4.69) is 53.1 Å². The molecular weight excluding hydrogens is 336 g/mol. The highest BCUT2D eigenvalue weighted by Gasteiger charge is 2.26. The van der Waals surface area contributed by atoms with Crippen LogP contribution in [-0.4, -0.2) is 52.6 Å². The highest BCUT2D eigenvalue weighted by atomic mass is 15.3. The Kier molecular flexibility index (Phi) is 5.25. The number of nitrogens with zero attached hydrogens (tertiary/aromatic N) is 5. The van der Waals surface area contributed by atoms with E-state index < -0.39 is 0 Å². The van der Waals surface area contributed by atoms with E-state index in [9.17, 15) is 0 Å². The Morgan fingerprint density at radius 3 is 2.56 bits per heavy atom. The van der Waals surface area contributed by atoms with E-state index in [1.54, 1.807) is 0 Å². The summed E-state index contributed by atoms with van der Waals surface area (Å²) in [5.41, 5.74) is 2.35. The van der Waals surface area contributed by atoms with E-state index in [0.717, 1.165) is 50.1 Å². The van der Waals surface area contributed by atoms with Gasteiger partial charge >= 0.3 is 0 Å². The van der Waals surface area contributed by atoms with Crippen molar-refractivity contribution in [2.45, 2.75) is 51.5 Å². The minimum atomic E-state index is 0.502. The van der Waals surface area contributed by atoms with Crippen LogP contribution in [0.5, 0.6) is 0 Å². The molecule has 1 atom stereocenters. The van der Waals surface area contributed by atoms with Crippen LogP contribution in [0.25, 0.3) is 0 Å². The van der Waals surface area contributed by atoms with E-state index >= 15 is 0 Å². The third-order valence-corrected chi connectivity index (χ3v) is 5.85. The zero-order valence-electron chi connectivity index (χ0n) is 16.6. The molecule has 2 aromatic rings. The number of aryl methyl sites for hydroxylation is 1. The predicted molar refractivity (Wildman–Crippen MR) is 110 cm³/mol. The summed E-state index contributed by atoms with van der Waals surface area (Å²) in [6.45, 7) is 7.65. The van der Waals surface area contributed by atoms with E-state index in [0.29, 0.717) is 12.0 Å². The fourth-order valence-electron chi connectivity index (χ4n) is 4.12. The minimum Gasteiger partial charge on any atom is -0.338 e. The maximum Gasteiger partial charge on any atom is 0.227 e. The Bertz CT molecular complexity index is 784. The van der Waals surface area contributed by atoms with Crippen molar-refractivity contribution in [3.63, 3.8) is 0 Å². The highest BCUT2D eigenvalue weighted by molar-refractivity contribution is 5.55. The molecule has 0 aliphatic carbocycles. The van der Waals surface area contributed by atoms with Crippen molar-refractivity contribution < 1.29 is 0 Å². The van der Waals surface area contributed by atoms with E-state index in [-0.39, 0.29) is 0 Å². The Morgan fingerprint density at radius 1 is 1.04 bits per heavy atom. The van der Waals surface area contributed by atoms with Crippen molar-refractivity contribution in [3.8, 4) is 0 Å². The second kappa shape index (κ2) is 7.80. The van der Waals surface area contributed by atoms with Gasteiger partial charge in [-0.15, -0.1) is 0 Å². The smallest absolute Gasteiger partial charge is 0.227 e. The molecular formula is C21H30N6. The summed E-state index contributed by atoms with van der Waals surface area (Å²) in [5.74, 6) is 3.06. The summed E-state index contributed by atoms with van der Waals surface area (Å²) in [7, 11) is 2.20. The second-order valence-electron chi connectivity index (χ2n) is 8.08. The molecule has 6 nitrogen and oxygen atoms in total. The fourth-order valence-corrected chi connectivity index (χ4v) is 4.12. The number of hydrogen-bond donors (Lipinski definition) is 1. The first-order valence-electron chi connectivity index (χ1n) is 10.1. The lowest BCUT2D eigenvalue weighted by atomic mass is 9.93. The van der Waals surface area contributed by atoms with Crippen LogP contribution >= 0.6 is 0 Å². The predicted octanol–water partition coefficient (Wildman–Crippen LogP) is 3.72. The first-order chi connectivity index (χ1) is 13.1. The Hall–Kier alpha value is -2.21. The monoisotopic (exact) mass is 366 g/mol. The van der Waals surface area contributed by atoms with E-state index in [1.165, 1.54) is 24.1 Å². The molecule has 27 heavy (non-hydrogen) atoms. The van der Waals surface area contributed by atoms with E-state index in [1.807, 2.05) is 12.3 Å². The van der Waals surface area contributed by atoms with Gasteiger partial charge in [-0.25, -0.2) is 9.97 Å². The van der Waals surface area contributed by atoms with Gasteiger partial charge in [-0.05, 0) is 77.4 Å². The van der Waals surface area contributed by atoms with Crippen molar-refractivity contribution in [1.82, 2.24) is 19.9 Å². The number of piperidine rings is 1.